The van der Waals surface area contributed by atoms with Crippen LogP contribution in [0.15, 0.2) is 37.4 Å². The molecule has 70 heavy (non-hydrogen) atoms. The molecule has 0 N–H and O–H groups in total. The van der Waals surface area contributed by atoms with Crippen LogP contribution in [0.5, 0.6) is 0 Å². The standard InChI is InChI=1S/2C18H35N2.2C2F6NO4S2/c2*1-3-4-5-6-7-8-9-10-11-12-13-14-15-20-17-16-19(2)18-20;2*3-1(4,5)14(10,11)9-15(12,13)2(6,7)8/h2*16-18H,3-15H2,1-2H3;;/q2*+1;2*-1. The van der Waals surface area contributed by atoms with Crippen LogP contribution < -0.4 is 9.13 Å². The molecule has 0 aromatic carbocycles. The number of aromatic nitrogens is 4. The predicted molar refractivity (Wildman–Crippen MR) is 240 cm³/mol. The Kier molecular flexibility index (Phi) is 33.6. The van der Waals surface area contributed by atoms with Gasteiger partial charge in [-0.25, -0.2) is 51.9 Å². The number of sulfonamides is 4. The monoisotopic (exact) mass is 1120 g/mol. The molecule has 0 aliphatic carbocycles. The van der Waals surface area contributed by atoms with E-state index in [0.29, 0.717) is 0 Å². The largest absolute Gasteiger partial charge is 0.480 e. The van der Waals surface area contributed by atoms with Crippen LogP contribution >= 0.6 is 0 Å². The van der Waals surface area contributed by atoms with Gasteiger partial charge in [-0.3, -0.25) is 0 Å². The Balaban J connectivity index is 0. The molecule has 14 nitrogen and oxygen atoms in total. The van der Waals surface area contributed by atoms with Gasteiger partial charge in [0.1, 0.15) is 24.8 Å². The highest BCUT2D eigenvalue weighted by molar-refractivity contribution is 8.13. The van der Waals surface area contributed by atoms with Crippen molar-refractivity contribution in [2.24, 2.45) is 14.1 Å². The molecule has 0 fully saturated rings. The van der Waals surface area contributed by atoms with Crippen molar-refractivity contribution in [3.63, 3.8) is 0 Å². The maximum absolute atomic E-state index is 11.4. The lowest BCUT2D eigenvalue weighted by Crippen LogP contribution is -2.30. The average Bonchev–Trinajstić information content (AvgIpc) is 3.83. The van der Waals surface area contributed by atoms with Gasteiger partial charge in [-0.15, -0.1) is 0 Å². The second kappa shape index (κ2) is 33.9. The molecule has 0 atom stereocenters. The van der Waals surface area contributed by atoms with E-state index in [9.17, 15) is 86.4 Å². The average molecular weight is 1120 g/mol. The lowest BCUT2D eigenvalue weighted by molar-refractivity contribution is -0.671. The van der Waals surface area contributed by atoms with Crippen LogP contribution in [0.3, 0.4) is 0 Å². The summed E-state index contributed by atoms with van der Waals surface area (Å²) in [5, 5.41) is 0. The molecule has 0 aliphatic heterocycles. The summed E-state index contributed by atoms with van der Waals surface area (Å²) < 4.78 is 227. The Morgan fingerprint density at radius 2 is 0.543 bits per heavy atom. The number of unbranched alkanes of at least 4 members (excludes halogenated alkanes) is 22. The number of halogens is 12. The van der Waals surface area contributed by atoms with E-state index in [1.165, 1.54) is 167 Å². The van der Waals surface area contributed by atoms with Crippen LogP contribution in [-0.2, 0) is 67.3 Å². The van der Waals surface area contributed by atoms with Gasteiger partial charge in [0.25, 0.3) is 0 Å². The predicted octanol–water partition coefficient (Wildman–Crippen LogP) is 12.1. The smallest absolute Gasteiger partial charge is 0.421 e. The molecule has 2 aromatic heterocycles. The molecule has 2 heterocycles. The number of aryl methyl sites for hydroxylation is 4. The summed E-state index contributed by atoms with van der Waals surface area (Å²) in [6.45, 7) is 6.93. The van der Waals surface area contributed by atoms with Gasteiger partial charge >= 0.3 is 22.0 Å². The van der Waals surface area contributed by atoms with Gasteiger partial charge in [0.15, 0.2) is 40.1 Å². The Labute approximate surface area is 406 Å². The molecule has 0 radical (unpaired) electrons. The minimum absolute atomic E-state index is 0.778. The van der Waals surface area contributed by atoms with E-state index < -0.39 is 62.1 Å². The second-order valence-electron chi connectivity index (χ2n) is 16.2. The number of hydrogen-bond donors (Lipinski definition) is 0. The van der Waals surface area contributed by atoms with Crippen LogP contribution in [0.4, 0.5) is 52.7 Å². The maximum atomic E-state index is 11.4. The van der Waals surface area contributed by atoms with Crippen LogP contribution in [0.2, 0.25) is 0 Å². The summed E-state index contributed by atoms with van der Waals surface area (Å²) in [6, 6.07) is 0. The fourth-order valence-corrected chi connectivity index (χ4v) is 9.39. The zero-order chi connectivity index (χ0) is 54.4. The van der Waals surface area contributed by atoms with Crippen LogP contribution in [-0.4, -0.2) is 64.8 Å². The van der Waals surface area contributed by atoms with Gasteiger partial charge in [-0.1, -0.05) is 142 Å². The fourth-order valence-electron chi connectivity index (χ4n) is 5.97. The van der Waals surface area contributed by atoms with Crippen LogP contribution in [0.1, 0.15) is 168 Å². The van der Waals surface area contributed by atoms with E-state index >= 15 is 0 Å². The summed E-state index contributed by atoms with van der Waals surface area (Å²) in [5.41, 5.74) is -24.8. The number of nitrogens with zero attached hydrogens (tertiary/aromatic N) is 6. The van der Waals surface area contributed by atoms with E-state index in [-0.39, 0.29) is 0 Å². The van der Waals surface area contributed by atoms with Gasteiger partial charge in [0.05, 0.1) is 27.2 Å². The highest BCUT2D eigenvalue weighted by Crippen LogP contribution is 2.37. The van der Waals surface area contributed by atoms with Gasteiger partial charge in [-0.05, 0) is 25.7 Å². The van der Waals surface area contributed by atoms with Gasteiger partial charge < -0.3 is 8.25 Å². The van der Waals surface area contributed by atoms with E-state index in [2.05, 4.69) is 83.7 Å². The molecule has 2 aromatic rings. The summed E-state index contributed by atoms with van der Waals surface area (Å²) in [4.78, 5) is 0. The summed E-state index contributed by atoms with van der Waals surface area (Å²) in [5.74, 6) is 0. The van der Waals surface area contributed by atoms with Crippen LogP contribution in [0, 0.1) is 0 Å². The summed E-state index contributed by atoms with van der Waals surface area (Å²) >= 11 is 0. The number of hydrogen-bond acceptors (Lipinski definition) is 8. The van der Waals surface area contributed by atoms with Crippen molar-refractivity contribution >= 4 is 40.1 Å². The molecule has 0 aliphatic rings. The zero-order valence-electron chi connectivity index (χ0n) is 40.0. The summed E-state index contributed by atoms with van der Waals surface area (Å²) in [6.07, 6.45) is 47.1. The Morgan fingerprint density at radius 3 is 0.700 bits per heavy atom. The normalized spacial score (nSPS) is 12.9. The van der Waals surface area contributed by atoms with E-state index in [1.807, 2.05) is 0 Å². The molecule has 416 valence electrons. The van der Waals surface area contributed by atoms with Crippen molar-refractivity contribution in [3.8, 4) is 0 Å². The highest BCUT2D eigenvalue weighted by atomic mass is 32.3. The van der Waals surface area contributed by atoms with E-state index in [1.54, 1.807) is 0 Å². The SMILES string of the molecule is CCCCCCCCCCCCCCn1cc[n+](C)c1.CCCCCCCCCCCCCCn1cc[n+](C)c1.O=S(=O)([N-]S(=O)(=O)C(F)(F)F)C(F)(F)F.O=S(=O)([N-]S(=O)(=O)C(F)(F)F)C(F)(F)F. The number of imidazole rings is 2. The van der Waals surface area contributed by atoms with Crippen molar-refractivity contribution in [1.82, 2.24) is 9.13 Å². The Bertz CT molecular complexity index is 1890. The first-order chi connectivity index (χ1) is 32.1. The van der Waals surface area contributed by atoms with Gasteiger partial charge in [0, 0.05) is 0 Å². The zero-order valence-corrected chi connectivity index (χ0v) is 43.2. The first kappa shape index (κ1) is 69.4. The molecular formula is C40H70F12N6O8S4. The molecule has 0 spiro atoms. The molecule has 0 amide bonds. The first-order valence-electron chi connectivity index (χ1n) is 22.8. The topological polar surface area (TPSA) is 182 Å². The van der Waals surface area contributed by atoms with E-state index in [0.717, 1.165) is 8.25 Å². The highest BCUT2D eigenvalue weighted by Gasteiger charge is 2.48. The van der Waals surface area contributed by atoms with Crippen molar-refractivity contribution in [1.29, 1.82) is 0 Å². The van der Waals surface area contributed by atoms with Gasteiger partial charge in [-0.2, -0.15) is 52.7 Å². The molecule has 0 bridgehead atoms. The third kappa shape index (κ3) is 32.4. The molecule has 0 saturated heterocycles. The van der Waals surface area contributed by atoms with Crippen molar-refractivity contribution < 1.29 is 95.5 Å². The van der Waals surface area contributed by atoms with Crippen molar-refractivity contribution in [2.75, 3.05) is 0 Å². The van der Waals surface area contributed by atoms with Gasteiger partial charge in [0.2, 0.25) is 12.7 Å². The third-order valence-electron chi connectivity index (χ3n) is 9.75. The fraction of sp³-hybridized carbons (Fsp3) is 0.850. The number of alkyl halides is 12. The molecular weight excluding hydrogens is 1050 g/mol. The molecule has 2 rings (SSSR count). The quantitative estimate of drug-likeness (QED) is 0.0420. The minimum atomic E-state index is -6.72. The second-order valence-corrected chi connectivity index (χ2v) is 23.1. The van der Waals surface area contributed by atoms with Crippen molar-refractivity contribution in [3.05, 3.63) is 45.7 Å². The van der Waals surface area contributed by atoms with Crippen LogP contribution in [0.25, 0.3) is 8.25 Å². The third-order valence-corrected chi connectivity index (χ3v) is 15.2. The molecule has 0 saturated carbocycles. The maximum Gasteiger partial charge on any atom is 0.480 e. The van der Waals surface area contributed by atoms with E-state index in [4.69, 9.17) is 0 Å². The minimum Gasteiger partial charge on any atom is -0.421 e. The van der Waals surface area contributed by atoms with Crippen molar-refractivity contribution in [2.45, 2.75) is 203 Å². The molecule has 30 heteroatoms. The Hall–Kier alpha value is -2.70. The summed E-state index contributed by atoms with van der Waals surface area (Å²) in [7, 11) is -22.7. The number of rotatable bonds is 30. The molecule has 0 unspecified atom stereocenters. The lowest BCUT2D eigenvalue weighted by atomic mass is 10.1. The Morgan fingerprint density at radius 1 is 0.357 bits per heavy atom. The lowest BCUT2D eigenvalue weighted by Gasteiger charge is -2.22. The first-order valence-corrected chi connectivity index (χ1v) is 28.6.